The number of rotatable bonds is 5. The van der Waals surface area contributed by atoms with Crippen LogP contribution in [-0.2, 0) is 17.6 Å². The minimum atomic E-state index is -0.460. The van der Waals surface area contributed by atoms with Crippen molar-refractivity contribution >= 4 is 16.8 Å². The second kappa shape index (κ2) is 7.21. The van der Waals surface area contributed by atoms with Crippen LogP contribution in [0.4, 0.5) is 4.39 Å². The van der Waals surface area contributed by atoms with Crippen molar-refractivity contribution in [3.8, 4) is 0 Å². The number of fused-ring (bicyclic) bond motifs is 1. The molecular formula is C18H17FN4O2. The monoisotopic (exact) mass is 340 g/mol. The van der Waals surface area contributed by atoms with Crippen molar-refractivity contribution in [2.75, 3.05) is 5.43 Å². The van der Waals surface area contributed by atoms with E-state index in [1.54, 1.807) is 12.3 Å². The number of pyridine rings is 1. The third-order valence-electron chi connectivity index (χ3n) is 3.79. The molecule has 25 heavy (non-hydrogen) atoms. The molecule has 0 saturated carbocycles. The van der Waals surface area contributed by atoms with Crippen molar-refractivity contribution in [2.24, 2.45) is 0 Å². The van der Waals surface area contributed by atoms with Crippen LogP contribution in [0.2, 0.25) is 0 Å². The number of nitrogens with zero attached hydrogens (tertiary/aromatic N) is 3. The van der Waals surface area contributed by atoms with Crippen molar-refractivity contribution in [1.29, 1.82) is 0 Å². The van der Waals surface area contributed by atoms with Crippen molar-refractivity contribution in [1.82, 2.24) is 14.6 Å². The molecule has 0 atom stereocenters. The van der Waals surface area contributed by atoms with Crippen molar-refractivity contribution < 1.29 is 9.18 Å². The Morgan fingerprint density at radius 3 is 2.84 bits per heavy atom. The zero-order chi connectivity index (χ0) is 17.8. The topological polar surface area (TPSA) is 76.9 Å². The predicted molar refractivity (Wildman–Crippen MR) is 92.3 cm³/mol. The normalized spacial score (nSPS) is 10.8. The Morgan fingerprint density at radius 2 is 2.12 bits per heavy atom. The molecule has 1 aromatic carbocycles. The van der Waals surface area contributed by atoms with E-state index in [4.69, 9.17) is 0 Å². The number of aromatic nitrogens is 3. The maximum absolute atomic E-state index is 13.4. The average Bonchev–Trinajstić information content (AvgIpc) is 2.62. The number of carbonyl (C=O) groups is 1. The highest BCUT2D eigenvalue weighted by Crippen LogP contribution is 2.10. The lowest BCUT2D eigenvalue weighted by molar-refractivity contribution is -0.117. The molecule has 0 saturated heterocycles. The first-order valence-electron chi connectivity index (χ1n) is 7.99. The van der Waals surface area contributed by atoms with Gasteiger partial charge in [0, 0.05) is 30.8 Å². The van der Waals surface area contributed by atoms with E-state index < -0.39 is 11.4 Å². The molecule has 6 nitrogen and oxygen atoms in total. The number of hydrogen-bond acceptors (Lipinski definition) is 4. The van der Waals surface area contributed by atoms with E-state index in [9.17, 15) is 14.0 Å². The minimum Gasteiger partial charge on any atom is -0.273 e. The van der Waals surface area contributed by atoms with Gasteiger partial charge in [-0.25, -0.2) is 14.1 Å². The summed E-state index contributed by atoms with van der Waals surface area (Å²) in [5.74, 6) is -0.404. The van der Waals surface area contributed by atoms with E-state index in [0.717, 1.165) is 10.4 Å². The van der Waals surface area contributed by atoms with Crippen LogP contribution in [0, 0.1) is 5.82 Å². The average molecular weight is 340 g/mol. The molecule has 0 spiro atoms. The molecular weight excluding hydrogens is 323 g/mol. The molecule has 7 heteroatoms. The van der Waals surface area contributed by atoms with Gasteiger partial charge in [-0.05, 0) is 30.7 Å². The quantitative estimate of drug-likeness (QED) is 0.772. The fraction of sp³-hybridized carbons (Fsp3) is 0.222. The third kappa shape index (κ3) is 3.71. The summed E-state index contributed by atoms with van der Waals surface area (Å²) in [5.41, 5.74) is 3.24. The van der Waals surface area contributed by atoms with Gasteiger partial charge in [-0.2, -0.15) is 0 Å². The van der Waals surface area contributed by atoms with Gasteiger partial charge < -0.3 is 0 Å². The van der Waals surface area contributed by atoms with Gasteiger partial charge in [0.2, 0.25) is 5.91 Å². The summed E-state index contributed by atoms with van der Waals surface area (Å²) < 4.78 is 14.5. The van der Waals surface area contributed by atoms with E-state index in [1.807, 2.05) is 19.1 Å². The molecule has 0 aliphatic rings. The van der Waals surface area contributed by atoms with Gasteiger partial charge in [0.25, 0.3) is 5.56 Å². The molecule has 0 aliphatic heterocycles. The fourth-order valence-electron chi connectivity index (χ4n) is 2.53. The van der Waals surface area contributed by atoms with E-state index in [0.29, 0.717) is 18.7 Å². The maximum atomic E-state index is 13.4. The molecule has 1 amide bonds. The Morgan fingerprint density at radius 1 is 1.28 bits per heavy atom. The van der Waals surface area contributed by atoms with E-state index in [1.165, 1.54) is 18.2 Å². The van der Waals surface area contributed by atoms with Crippen molar-refractivity contribution in [3.63, 3.8) is 0 Å². The van der Waals surface area contributed by atoms with Crippen LogP contribution in [0.3, 0.4) is 0 Å². The zero-order valence-corrected chi connectivity index (χ0v) is 13.7. The molecule has 128 valence electrons. The molecule has 0 bridgehead atoms. The van der Waals surface area contributed by atoms with Crippen molar-refractivity contribution in [3.05, 3.63) is 70.3 Å². The third-order valence-corrected chi connectivity index (χ3v) is 3.79. The highest BCUT2D eigenvalue weighted by atomic mass is 19.1. The Bertz CT molecular complexity index is 970. The molecule has 0 radical (unpaired) electrons. The maximum Gasteiger partial charge on any atom is 0.280 e. The Kier molecular flexibility index (Phi) is 4.83. The number of hydrogen-bond donors (Lipinski definition) is 1. The van der Waals surface area contributed by atoms with Gasteiger partial charge in [-0.1, -0.05) is 13.0 Å². The van der Waals surface area contributed by atoms with Crippen molar-refractivity contribution in [2.45, 2.75) is 26.2 Å². The Balaban J connectivity index is 1.85. The SMILES string of the molecule is CCc1nc2cc(F)ccc2c(=O)n1NC(=O)CCc1ccccn1. The smallest absolute Gasteiger partial charge is 0.273 e. The lowest BCUT2D eigenvalue weighted by Gasteiger charge is -2.13. The number of benzene rings is 1. The van der Waals surface area contributed by atoms with Gasteiger partial charge in [0.05, 0.1) is 10.9 Å². The first-order valence-corrected chi connectivity index (χ1v) is 7.99. The summed E-state index contributed by atoms with van der Waals surface area (Å²) in [6.07, 6.45) is 2.74. The summed E-state index contributed by atoms with van der Waals surface area (Å²) >= 11 is 0. The lowest BCUT2D eigenvalue weighted by atomic mass is 10.2. The largest absolute Gasteiger partial charge is 0.280 e. The molecule has 3 rings (SSSR count). The standard InChI is InChI=1S/C18H17FN4O2/c1-2-16-21-15-11-12(19)6-8-14(15)18(25)23(16)22-17(24)9-7-13-5-3-4-10-20-13/h3-6,8,10-11H,2,7,9H2,1H3,(H,22,24). The number of carbonyl (C=O) groups excluding carboxylic acids is 1. The van der Waals surface area contributed by atoms with Gasteiger partial charge in [-0.15, -0.1) is 0 Å². The number of amides is 1. The second-order valence-corrected chi connectivity index (χ2v) is 5.54. The highest BCUT2D eigenvalue weighted by Gasteiger charge is 2.13. The first kappa shape index (κ1) is 16.8. The minimum absolute atomic E-state index is 0.189. The van der Waals surface area contributed by atoms with Crippen LogP contribution in [0.15, 0.2) is 47.4 Å². The van der Waals surface area contributed by atoms with Gasteiger partial charge in [-0.3, -0.25) is 20.0 Å². The van der Waals surface area contributed by atoms with Gasteiger partial charge in [0.15, 0.2) is 0 Å². The van der Waals surface area contributed by atoms with Crippen LogP contribution in [-0.4, -0.2) is 20.6 Å². The van der Waals surface area contributed by atoms with Crippen LogP contribution in [0.1, 0.15) is 24.9 Å². The Hall–Kier alpha value is -3.09. The molecule has 2 heterocycles. The first-order chi connectivity index (χ1) is 12.1. The van der Waals surface area contributed by atoms with Crippen LogP contribution in [0.25, 0.3) is 10.9 Å². The number of nitrogens with one attached hydrogen (secondary N) is 1. The predicted octanol–water partition coefficient (Wildman–Crippen LogP) is 2.20. The number of aryl methyl sites for hydroxylation is 2. The van der Waals surface area contributed by atoms with Crippen LogP contribution >= 0.6 is 0 Å². The second-order valence-electron chi connectivity index (χ2n) is 5.54. The zero-order valence-electron chi connectivity index (χ0n) is 13.7. The molecule has 0 unspecified atom stereocenters. The Labute approximate surface area is 143 Å². The highest BCUT2D eigenvalue weighted by molar-refractivity contribution is 5.84. The summed E-state index contributed by atoms with van der Waals surface area (Å²) in [7, 11) is 0. The summed E-state index contributed by atoms with van der Waals surface area (Å²) in [6, 6.07) is 9.28. The van der Waals surface area contributed by atoms with Crippen LogP contribution < -0.4 is 11.0 Å². The molecule has 0 aliphatic carbocycles. The molecule has 2 aromatic heterocycles. The van der Waals surface area contributed by atoms with E-state index >= 15 is 0 Å². The fourth-order valence-corrected chi connectivity index (χ4v) is 2.53. The van der Waals surface area contributed by atoms with Gasteiger partial charge >= 0.3 is 0 Å². The number of halogens is 1. The lowest BCUT2D eigenvalue weighted by Crippen LogP contribution is -2.36. The molecule has 1 N–H and O–H groups in total. The van der Waals surface area contributed by atoms with Crippen LogP contribution in [0.5, 0.6) is 0 Å². The summed E-state index contributed by atoms with van der Waals surface area (Å²) in [6.45, 7) is 1.81. The molecule has 3 aromatic rings. The van der Waals surface area contributed by atoms with Gasteiger partial charge in [0.1, 0.15) is 11.6 Å². The summed E-state index contributed by atoms with van der Waals surface area (Å²) in [5, 5.41) is 0.253. The van der Waals surface area contributed by atoms with E-state index in [-0.39, 0.29) is 23.2 Å². The van der Waals surface area contributed by atoms with E-state index in [2.05, 4.69) is 15.4 Å². The summed E-state index contributed by atoms with van der Waals surface area (Å²) in [4.78, 5) is 33.3. The molecule has 0 fully saturated rings.